The molecule has 0 aromatic rings. The highest BCUT2D eigenvalue weighted by atomic mass is 16.7. The summed E-state index contributed by atoms with van der Waals surface area (Å²) in [6, 6.07) is -0.272. The fourth-order valence-corrected chi connectivity index (χ4v) is 11.0. The van der Waals surface area contributed by atoms with Crippen LogP contribution >= 0.6 is 0 Å². The van der Waals surface area contributed by atoms with E-state index in [2.05, 4.69) is 46.4 Å². The Morgan fingerprint density at radius 1 is 0.956 bits per heavy atom. The van der Waals surface area contributed by atoms with Crippen molar-refractivity contribution in [3.05, 3.63) is 71.9 Å². The van der Waals surface area contributed by atoms with E-state index in [-0.39, 0.29) is 67.8 Å². The number of methoxy groups -OCH3 is 2. The van der Waals surface area contributed by atoms with Crippen molar-refractivity contribution in [2.75, 3.05) is 27.4 Å². The summed E-state index contributed by atoms with van der Waals surface area (Å²) >= 11 is 0. The Bertz CT molecular complexity index is 1930. The fourth-order valence-electron chi connectivity index (χ4n) is 11.0. The molecule has 16 heteroatoms. The summed E-state index contributed by atoms with van der Waals surface area (Å²) in [6.07, 6.45) is 9.97. The summed E-state index contributed by atoms with van der Waals surface area (Å²) in [6.45, 7) is 19.6. The van der Waals surface area contributed by atoms with E-state index in [9.17, 15) is 14.7 Å². The normalized spacial score (nSPS) is 45.6. The molecule has 20 atom stereocenters. The van der Waals surface area contributed by atoms with E-state index in [1.165, 1.54) is 6.08 Å². The number of nitrogens with two attached hydrogens (primary N) is 1. The smallest absolute Gasteiger partial charge is 0.462 e. The minimum absolute atomic E-state index is 0.0410. The molecule has 1 aliphatic carbocycles. The number of hydrogen-bond acceptors (Lipinski definition) is 16. The van der Waals surface area contributed by atoms with E-state index in [1.54, 1.807) is 33.3 Å². The molecule has 16 nitrogen and oxygen atoms in total. The molecule has 0 aromatic heterocycles. The van der Waals surface area contributed by atoms with Crippen LogP contribution in [-0.4, -0.2) is 142 Å². The quantitative estimate of drug-likeness (QED) is 0.164. The van der Waals surface area contributed by atoms with E-state index in [0.717, 1.165) is 12.0 Å². The number of ether oxygens (including phenoxy) is 12. The van der Waals surface area contributed by atoms with E-state index < -0.39 is 84.7 Å². The Morgan fingerprint density at radius 2 is 1.68 bits per heavy atom. The average molecular weight is 956 g/mol. The van der Waals surface area contributed by atoms with Crippen molar-refractivity contribution in [3.8, 4) is 0 Å². The van der Waals surface area contributed by atoms with Gasteiger partial charge in [-0.25, -0.2) is 4.79 Å². The first-order chi connectivity index (χ1) is 32.4. The lowest BCUT2D eigenvalue weighted by molar-refractivity contribution is -0.311. The minimum Gasteiger partial charge on any atom is -0.462 e. The van der Waals surface area contributed by atoms with Crippen LogP contribution < -0.4 is 5.73 Å². The van der Waals surface area contributed by atoms with E-state index in [1.807, 2.05) is 39.0 Å². The molecule has 68 heavy (non-hydrogen) atoms. The van der Waals surface area contributed by atoms with Crippen molar-refractivity contribution < 1.29 is 71.5 Å². The van der Waals surface area contributed by atoms with E-state index in [0.29, 0.717) is 36.8 Å². The molecule has 0 radical (unpaired) electrons. The third kappa shape index (κ3) is 11.3. The van der Waals surface area contributed by atoms with Gasteiger partial charge in [0.25, 0.3) is 0 Å². The third-order valence-corrected chi connectivity index (χ3v) is 15.1. The predicted molar refractivity (Wildman–Crippen MR) is 250 cm³/mol. The number of rotatable bonds is 11. The molecule has 1 unspecified atom stereocenters. The van der Waals surface area contributed by atoms with Crippen LogP contribution in [0.3, 0.4) is 0 Å². The summed E-state index contributed by atoms with van der Waals surface area (Å²) in [7, 11) is 3.30. The first kappa shape index (κ1) is 52.6. The standard InChI is InChI=1S/C52H77NO15/c1-12-21-59-50(55)66-46-32(7)22-38-49(54)63-37-23-36(67-51(26-37)20-19-31(6)45(68-51)28(3)13-2)18-17-30(5)44(29(4)15-14-16-35-27-60-48(46)52(35,38)56)64-42-25-40(58-11)47(34(9)62-42)65-41-24-39(57-10)43(53)33(8)61-41/h12,14-17,19-20,22,28-29,31,33-34,36-48,56H,1,13,18,21,23-27,53H2,2-11H3/b15-14+,30-17+,35-16+/t28-,29-,31-,33-,34-,36+,37-,38-,39-,40-,41-,42-,43-,44-,45+,46+,47-,48+,51?,52+/m0/s1. The number of hydrogen-bond donors (Lipinski definition) is 2. The second-order valence-corrected chi connectivity index (χ2v) is 20.0. The van der Waals surface area contributed by atoms with E-state index >= 15 is 0 Å². The second-order valence-electron chi connectivity index (χ2n) is 20.0. The molecule has 6 heterocycles. The summed E-state index contributed by atoms with van der Waals surface area (Å²) in [5.41, 5.74) is 6.26. The van der Waals surface area contributed by atoms with Gasteiger partial charge in [-0.2, -0.15) is 0 Å². The zero-order valence-corrected chi connectivity index (χ0v) is 41.6. The maximum Gasteiger partial charge on any atom is 0.509 e. The van der Waals surface area contributed by atoms with Crippen molar-refractivity contribution >= 4 is 12.1 Å². The SMILES string of the molecule is C=CCOC(=O)O[C@@H]1C(C)=C[C@H]2C(=O)O[C@H]3C[C@@H](C/C=C(\C)[C@@H](O[C@H]4C[C@H](OC)[C@@H](O[C@H]5C[C@H](OC)[C@@H](N)[C@H](C)O5)[C@H](C)O4)[C@@H](C)/C=C/C=C4\CO[C@H]1[C@@]42O)OC1(C=C[C@H](C)[C@@H]([C@@H](C)CC)O1)C3. The average Bonchev–Trinajstić information content (AvgIpc) is 3.65. The molecule has 7 rings (SSSR count). The van der Waals surface area contributed by atoms with Crippen molar-refractivity contribution in [1.29, 1.82) is 0 Å². The van der Waals surface area contributed by atoms with Gasteiger partial charge in [0.15, 0.2) is 24.5 Å². The lowest BCUT2D eigenvalue weighted by Crippen LogP contribution is -2.59. The van der Waals surface area contributed by atoms with Gasteiger partial charge in [-0.05, 0) is 62.8 Å². The zero-order chi connectivity index (χ0) is 49.1. The van der Waals surface area contributed by atoms with Crippen LogP contribution in [0.2, 0.25) is 0 Å². The molecule has 0 saturated carbocycles. The van der Waals surface area contributed by atoms with Gasteiger partial charge in [0.05, 0.1) is 55.4 Å². The van der Waals surface area contributed by atoms with Crippen LogP contribution in [0.25, 0.3) is 0 Å². The Morgan fingerprint density at radius 3 is 2.40 bits per heavy atom. The highest BCUT2D eigenvalue weighted by Gasteiger charge is 2.61. The van der Waals surface area contributed by atoms with Gasteiger partial charge in [-0.3, -0.25) is 4.79 Å². The minimum atomic E-state index is -1.95. The number of carbonyl (C=O) groups excluding carboxylic acids is 2. The summed E-state index contributed by atoms with van der Waals surface area (Å²) in [5.74, 6) is -2.83. The van der Waals surface area contributed by atoms with Crippen LogP contribution in [-0.2, 0) is 61.6 Å². The van der Waals surface area contributed by atoms with Crippen LogP contribution in [0.1, 0.15) is 93.9 Å². The monoisotopic (exact) mass is 956 g/mol. The molecular formula is C52H77NO15. The van der Waals surface area contributed by atoms with Gasteiger partial charge in [0.2, 0.25) is 0 Å². The molecule has 4 fully saturated rings. The van der Waals surface area contributed by atoms with Gasteiger partial charge < -0.3 is 67.7 Å². The zero-order valence-electron chi connectivity index (χ0n) is 41.6. The van der Waals surface area contributed by atoms with Gasteiger partial charge in [0, 0.05) is 51.7 Å². The maximum absolute atomic E-state index is 14.7. The van der Waals surface area contributed by atoms with Crippen molar-refractivity contribution in [1.82, 2.24) is 0 Å². The van der Waals surface area contributed by atoms with Crippen LogP contribution in [0.4, 0.5) is 4.79 Å². The lowest BCUT2D eigenvalue weighted by atomic mass is 9.70. The summed E-state index contributed by atoms with van der Waals surface area (Å²) in [5, 5.41) is 12.9. The van der Waals surface area contributed by atoms with Gasteiger partial charge in [-0.1, -0.05) is 83.2 Å². The molecule has 380 valence electrons. The Hall–Kier alpha value is -3.26. The van der Waals surface area contributed by atoms with Gasteiger partial charge >= 0.3 is 12.1 Å². The van der Waals surface area contributed by atoms with E-state index in [4.69, 9.17) is 62.6 Å². The maximum atomic E-state index is 14.7. The molecule has 1 spiro atoms. The number of allylic oxidation sites excluding steroid dienone is 2. The Balaban J connectivity index is 1.21. The topological polar surface area (TPSA) is 191 Å². The molecule has 6 aliphatic heterocycles. The number of aliphatic hydroxyl groups is 1. The molecular weight excluding hydrogens is 879 g/mol. The highest BCUT2D eigenvalue weighted by Crippen LogP contribution is 2.48. The van der Waals surface area contributed by atoms with Crippen molar-refractivity contribution in [2.45, 2.75) is 191 Å². The van der Waals surface area contributed by atoms with Gasteiger partial charge in [-0.15, -0.1) is 0 Å². The fraction of sp³-hybridized carbons (Fsp3) is 0.731. The molecule has 3 N–H and O–H groups in total. The number of esters is 1. The lowest BCUT2D eigenvalue weighted by Gasteiger charge is -2.48. The molecule has 4 saturated heterocycles. The van der Waals surface area contributed by atoms with Crippen LogP contribution in [0, 0.1) is 23.7 Å². The molecule has 0 amide bonds. The van der Waals surface area contributed by atoms with Crippen LogP contribution in [0.15, 0.2) is 71.9 Å². The first-order valence-corrected chi connectivity index (χ1v) is 24.6. The number of carbonyl (C=O) groups is 2. The molecule has 0 aromatic carbocycles. The number of fused-ring (bicyclic) bond motifs is 2. The highest BCUT2D eigenvalue weighted by molar-refractivity contribution is 5.79. The van der Waals surface area contributed by atoms with Crippen molar-refractivity contribution in [2.24, 2.45) is 29.4 Å². The van der Waals surface area contributed by atoms with Gasteiger partial charge in [0.1, 0.15) is 36.4 Å². The Kier molecular flexibility index (Phi) is 17.3. The molecule has 2 bridgehead atoms. The predicted octanol–water partition coefficient (Wildman–Crippen LogP) is 6.69. The third-order valence-electron chi connectivity index (χ3n) is 15.1. The largest absolute Gasteiger partial charge is 0.509 e. The summed E-state index contributed by atoms with van der Waals surface area (Å²) < 4.78 is 75.4. The first-order valence-electron chi connectivity index (χ1n) is 24.6. The second kappa shape index (κ2) is 22.4. The van der Waals surface area contributed by atoms with Crippen LogP contribution in [0.5, 0.6) is 0 Å². The molecule has 7 aliphatic rings. The van der Waals surface area contributed by atoms with Crippen molar-refractivity contribution in [3.63, 3.8) is 0 Å². The summed E-state index contributed by atoms with van der Waals surface area (Å²) in [4.78, 5) is 27.5. The Labute approximate surface area is 402 Å².